The smallest absolute Gasteiger partial charge is 0.225 e. The van der Waals surface area contributed by atoms with E-state index < -0.39 is 0 Å². The van der Waals surface area contributed by atoms with E-state index in [0.717, 1.165) is 34.1 Å². The molecule has 1 aromatic carbocycles. The fourth-order valence-electron chi connectivity index (χ4n) is 2.38. The molecule has 0 atom stereocenters. The largest absolute Gasteiger partial charge is 0.367 e. The standard InChI is InChI=1S/C16H17N3O/c1-10(2)8-13-15(19-20-16(13)17)12-5-6-14-11(9-12)4-3-7-18-14/h3-7,9-10H,8,17H2,1-2H3. The van der Waals surface area contributed by atoms with Crippen molar-refractivity contribution in [2.75, 3.05) is 5.73 Å². The van der Waals surface area contributed by atoms with E-state index in [2.05, 4.69) is 30.1 Å². The number of nitrogen functional groups attached to an aromatic ring is 1. The van der Waals surface area contributed by atoms with E-state index in [-0.39, 0.29) is 0 Å². The predicted molar refractivity (Wildman–Crippen MR) is 80.2 cm³/mol. The summed E-state index contributed by atoms with van der Waals surface area (Å²) in [5, 5.41) is 5.21. The molecular formula is C16H17N3O. The van der Waals surface area contributed by atoms with Gasteiger partial charge in [-0.3, -0.25) is 4.98 Å². The summed E-state index contributed by atoms with van der Waals surface area (Å²) in [4.78, 5) is 4.32. The molecule has 3 rings (SSSR count). The zero-order valence-corrected chi connectivity index (χ0v) is 11.6. The summed E-state index contributed by atoms with van der Waals surface area (Å²) in [5.41, 5.74) is 9.71. The molecule has 2 heterocycles. The summed E-state index contributed by atoms with van der Waals surface area (Å²) in [6, 6.07) is 10.0. The lowest BCUT2D eigenvalue weighted by Gasteiger charge is -2.06. The number of anilines is 1. The average molecular weight is 267 g/mol. The van der Waals surface area contributed by atoms with Gasteiger partial charge in [0.1, 0.15) is 5.69 Å². The maximum Gasteiger partial charge on any atom is 0.225 e. The molecule has 20 heavy (non-hydrogen) atoms. The molecule has 0 fully saturated rings. The van der Waals surface area contributed by atoms with Gasteiger partial charge in [-0.2, -0.15) is 0 Å². The van der Waals surface area contributed by atoms with Crippen molar-refractivity contribution in [3.63, 3.8) is 0 Å². The van der Waals surface area contributed by atoms with Gasteiger partial charge in [0.2, 0.25) is 5.88 Å². The van der Waals surface area contributed by atoms with E-state index in [0.29, 0.717) is 11.8 Å². The Balaban J connectivity index is 2.11. The second kappa shape index (κ2) is 4.96. The molecule has 2 aromatic heterocycles. The zero-order chi connectivity index (χ0) is 14.1. The molecule has 2 N–H and O–H groups in total. The number of nitrogens with two attached hydrogens (primary N) is 1. The molecule has 0 spiro atoms. The Labute approximate surface area is 117 Å². The molecule has 0 saturated heterocycles. The number of fused-ring (bicyclic) bond motifs is 1. The Hall–Kier alpha value is -2.36. The van der Waals surface area contributed by atoms with Crippen molar-refractivity contribution >= 4 is 16.8 Å². The highest BCUT2D eigenvalue weighted by Gasteiger charge is 2.16. The highest BCUT2D eigenvalue weighted by atomic mass is 16.5. The lowest BCUT2D eigenvalue weighted by atomic mass is 9.98. The minimum Gasteiger partial charge on any atom is -0.367 e. The third-order valence-electron chi connectivity index (χ3n) is 3.31. The Bertz CT molecular complexity index is 746. The molecule has 0 radical (unpaired) electrons. The van der Waals surface area contributed by atoms with E-state index in [1.807, 2.05) is 24.3 Å². The average Bonchev–Trinajstić information content (AvgIpc) is 2.79. The minimum absolute atomic E-state index is 0.417. The molecule has 0 amide bonds. The Morgan fingerprint density at radius 3 is 2.90 bits per heavy atom. The fourth-order valence-corrected chi connectivity index (χ4v) is 2.38. The predicted octanol–water partition coefficient (Wildman–Crippen LogP) is 3.67. The molecule has 0 aliphatic carbocycles. The molecule has 3 aromatic rings. The zero-order valence-electron chi connectivity index (χ0n) is 11.6. The Morgan fingerprint density at radius 2 is 2.10 bits per heavy atom. The maximum atomic E-state index is 5.90. The van der Waals surface area contributed by atoms with Crippen LogP contribution < -0.4 is 5.73 Å². The molecule has 4 heteroatoms. The van der Waals surface area contributed by atoms with E-state index in [1.165, 1.54) is 0 Å². The van der Waals surface area contributed by atoms with Gasteiger partial charge >= 0.3 is 0 Å². The number of pyridine rings is 1. The van der Waals surface area contributed by atoms with Crippen molar-refractivity contribution in [2.45, 2.75) is 20.3 Å². The van der Waals surface area contributed by atoms with Crippen LogP contribution in [-0.4, -0.2) is 10.1 Å². The highest BCUT2D eigenvalue weighted by molar-refractivity contribution is 5.84. The van der Waals surface area contributed by atoms with E-state index in [1.54, 1.807) is 6.20 Å². The van der Waals surface area contributed by atoms with Gasteiger partial charge in [0.05, 0.1) is 5.52 Å². The van der Waals surface area contributed by atoms with Crippen molar-refractivity contribution in [1.82, 2.24) is 10.1 Å². The summed E-state index contributed by atoms with van der Waals surface area (Å²) in [7, 11) is 0. The number of hydrogen-bond acceptors (Lipinski definition) is 4. The second-order valence-electron chi connectivity index (χ2n) is 5.38. The van der Waals surface area contributed by atoms with Gasteiger partial charge < -0.3 is 10.3 Å². The van der Waals surface area contributed by atoms with E-state index in [4.69, 9.17) is 10.3 Å². The van der Waals surface area contributed by atoms with Gasteiger partial charge in [0.25, 0.3) is 0 Å². The number of aromatic nitrogens is 2. The summed E-state index contributed by atoms with van der Waals surface area (Å²) >= 11 is 0. The number of nitrogens with zero attached hydrogens (tertiary/aromatic N) is 2. The van der Waals surface area contributed by atoms with Crippen LogP contribution in [0.15, 0.2) is 41.1 Å². The Kier molecular flexibility index (Phi) is 3.14. The molecular weight excluding hydrogens is 250 g/mol. The van der Waals surface area contributed by atoms with Gasteiger partial charge in [-0.15, -0.1) is 0 Å². The molecule has 0 saturated carbocycles. The van der Waals surface area contributed by atoms with Crippen LogP contribution in [0, 0.1) is 5.92 Å². The Morgan fingerprint density at radius 1 is 1.25 bits per heavy atom. The molecule has 4 nitrogen and oxygen atoms in total. The first kappa shape index (κ1) is 12.7. The third-order valence-corrected chi connectivity index (χ3v) is 3.31. The van der Waals surface area contributed by atoms with Gasteiger partial charge in [-0.05, 0) is 30.5 Å². The van der Waals surface area contributed by atoms with Crippen LogP contribution in [0.4, 0.5) is 5.88 Å². The van der Waals surface area contributed by atoms with Gasteiger partial charge in [-0.1, -0.05) is 31.1 Å². The topological polar surface area (TPSA) is 64.9 Å². The lowest BCUT2D eigenvalue weighted by Crippen LogP contribution is -1.98. The third kappa shape index (κ3) is 2.25. The van der Waals surface area contributed by atoms with Crippen LogP contribution in [-0.2, 0) is 6.42 Å². The van der Waals surface area contributed by atoms with Crippen LogP contribution in [0.1, 0.15) is 19.4 Å². The van der Waals surface area contributed by atoms with Crippen molar-refractivity contribution in [3.8, 4) is 11.3 Å². The first-order chi connectivity index (χ1) is 9.65. The van der Waals surface area contributed by atoms with Crippen LogP contribution in [0.3, 0.4) is 0 Å². The van der Waals surface area contributed by atoms with Crippen LogP contribution in [0.25, 0.3) is 22.2 Å². The van der Waals surface area contributed by atoms with E-state index >= 15 is 0 Å². The molecule has 0 aliphatic heterocycles. The summed E-state index contributed by atoms with van der Waals surface area (Å²) in [5.74, 6) is 0.914. The van der Waals surface area contributed by atoms with Crippen LogP contribution in [0.5, 0.6) is 0 Å². The molecule has 0 unspecified atom stereocenters. The molecule has 0 bridgehead atoms. The SMILES string of the molecule is CC(C)Cc1c(-c2ccc3ncccc3c2)noc1N. The summed E-state index contributed by atoms with van der Waals surface area (Å²) in [6.07, 6.45) is 2.65. The normalized spacial score (nSPS) is 11.3. The minimum atomic E-state index is 0.417. The first-order valence-corrected chi connectivity index (χ1v) is 6.74. The number of rotatable bonds is 3. The van der Waals surface area contributed by atoms with Gasteiger partial charge in [0.15, 0.2) is 0 Å². The van der Waals surface area contributed by atoms with Crippen LogP contribution >= 0.6 is 0 Å². The lowest BCUT2D eigenvalue weighted by molar-refractivity contribution is 0.438. The van der Waals surface area contributed by atoms with Crippen molar-refractivity contribution in [3.05, 3.63) is 42.1 Å². The van der Waals surface area contributed by atoms with Crippen LogP contribution in [0.2, 0.25) is 0 Å². The molecule has 102 valence electrons. The van der Waals surface area contributed by atoms with Gasteiger partial charge in [0, 0.05) is 22.7 Å². The fraction of sp³-hybridized carbons (Fsp3) is 0.250. The van der Waals surface area contributed by atoms with Gasteiger partial charge in [-0.25, -0.2) is 0 Å². The number of benzene rings is 1. The molecule has 0 aliphatic rings. The summed E-state index contributed by atoms with van der Waals surface area (Å²) in [6.45, 7) is 4.31. The highest BCUT2D eigenvalue weighted by Crippen LogP contribution is 2.30. The maximum absolute atomic E-state index is 5.90. The monoisotopic (exact) mass is 267 g/mol. The van der Waals surface area contributed by atoms with Crippen molar-refractivity contribution in [2.24, 2.45) is 5.92 Å². The second-order valence-corrected chi connectivity index (χ2v) is 5.38. The number of hydrogen-bond donors (Lipinski definition) is 1. The quantitative estimate of drug-likeness (QED) is 0.786. The van der Waals surface area contributed by atoms with Crippen molar-refractivity contribution in [1.29, 1.82) is 0 Å². The van der Waals surface area contributed by atoms with E-state index in [9.17, 15) is 0 Å². The van der Waals surface area contributed by atoms with Crippen molar-refractivity contribution < 1.29 is 4.52 Å². The first-order valence-electron chi connectivity index (χ1n) is 6.74. The summed E-state index contributed by atoms with van der Waals surface area (Å²) < 4.78 is 5.18.